The maximum atomic E-state index is 12.3. The van der Waals surface area contributed by atoms with Crippen molar-refractivity contribution in [2.45, 2.75) is 37.6 Å². The zero-order valence-electron chi connectivity index (χ0n) is 16.7. The maximum absolute atomic E-state index is 12.3. The van der Waals surface area contributed by atoms with E-state index in [1.54, 1.807) is 0 Å². The van der Waals surface area contributed by atoms with Crippen LogP contribution in [0.1, 0.15) is 42.2 Å². The van der Waals surface area contributed by atoms with Gasteiger partial charge in [0.05, 0.1) is 12.2 Å². The molecule has 8 heteroatoms. The SMILES string of the molecule is CCC1Cc2cc(OCCNC(C)=O)c(SC)cc2-c2cc(=O)c(C(=O)O)cn21. The largest absolute Gasteiger partial charge is 0.491 e. The molecule has 2 heterocycles. The van der Waals surface area contributed by atoms with Gasteiger partial charge in [-0.05, 0) is 36.8 Å². The van der Waals surface area contributed by atoms with Crippen LogP contribution in [0.5, 0.6) is 5.75 Å². The van der Waals surface area contributed by atoms with E-state index in [0.29, 0.717) is 13.2 Å². The number of carbonyl (C=O) groups is 2. The number of nitrogens with one attached hydrogen (secondary N) is 1. The molecule has 1 unspecified atom stereocenters. The van der Waals surface area contributed by atoms with Gasteiger partial charge < -0.3 is 19.7 Å². The molecule has 0 saturated heterocycles. The fourth-order valence-electron chi connectivity index (χ4n) is 3.59. The van der Waals surface area contributed by atoms with E-state index in [4.69, 9.17) is 4.74 Å². The summed E-state index contributed by atoms with van der Waals surface area (Å²) in [5, 5.41) is 12.0. The quantitative estimate of drug-likeness (QED) is 0.532. The Balaban J connectivity index is 2.03. The van der Waals surface area contributed by atoms with Crippen molar-refractivity contribution < 1.29 is 19.4 Å². The molecule has 1 atom stereocenters. The summed E-state index contributed by atoms with van der Waals surface area (Å²) in [7, 11) is 0. The minimum Gasteiger partial charge on any atom is -0.491 e. The van der Waals surface area contributed by atoms with Gasteiger partial charge in [-0.3, -0.25) is 9.59 Å². The van der Waals surface area contributed by atoms with E-state index in [9.17, 15) is 19.5 Å². The average molecular weight is 416 g/mol. The molecule has 0 bridgehead atoms. The summed E-state index contributed by atoms with van der Waals surface area (Å²) < 4.78 is 7.81. The maximum Gasteiger partial charge on any atom is 0.341 e. The van der Waals surface area contributed by atoms with Crippen LogP contribution in [0.15, 0.2) is 34.1 Å². The lowest BCUT2D eigenvalue weighted by Gasteiger charge is -2.31. The number of pyridine rings is 1. The molecule has 1 amide bonds. The Labute approximate surface area is 173 Å². The molecule has 1 aliphatic heterocycles. The van der Waals surface area contributed by atoms with Gasteiger partial charge in [-0.1, -0.05) is 6.92 Å². The normalized spacial score (nSPS) is 14.7. The van der Waals surface area contributed by atoms with Crippen molar-refractivity contribution in [2.75, 3.05) is 19.4 Å². The molecule has 0 fully saturated rings. The second kappa shape index (κ2) is 8.73. The highest BCUT2D eigenvalue weighted by atomic mass is 32.2. The molecule has 154 valence electrons. The molecule has 1 aliphatic rings. The van der Waals surface area contributed by atoms with Crippen molar-refractivity contribution in [1.29, 1.82) is 0 Å². The summed E-state index contributed by atoms with van der Waals surface area (Å²) >= 11 is 1.53. The van der Waals surface area contributed by atoms with Crippen LogP contribution >= 0.6 is 11.8 Å². The van der Waals surface area contributed by atoms with Crippen LogP contribution in [0.2, 0.25) is 0 Å². The van der Waals surface area contributed by atoms with Gasteiger partial charge in [-0.2, -0.15) is 0 Å². The highest BCUT2D eigenvalue weighted by molar-refractivity contribution is 7.98. The van der Waals surface area contributed by atoms with Gasteiger partial charge in [-0.25, -0.2) is 4.79 Å². The second-order valence-corrected chi connectivity index (χ2v) is 7.75. The van der Waals surface area contributed by atoms with E-state index in [0.717, 1.165) is 40.3 Å². The molecule has 0 saturated carbocycles. The van der Waals surface area contributed by atoms with Crippen LogP contribution in [0.4, 0.5) is 0 Å². The molecule has 2 aromatic rings. The number of ether oxygens (including phenoxy) is 1. The van der Waals surface area contributed by atoms with Gasteiger partial charge in [0.15, 0.2) is 5.43 Å². The van der Waals surface area contributed by atoms with E-state index < -0.39 is 11.4 Å². The lowest BCUT2D eigenvalue weighted by Crippen LogP contribution is -2.26. The molecule has 7 nitrogen and oxygen atoms in total. The number of carboxylic acids is 1. The van der Waals surface area contributed by atoms with Gasteiger partial charge in [0.2, 0.25) is 5.91 Å². The van der Waals surface area contributed by atoms with E-state index >= 15 is 0 Å². The smallest absolute Gasteiger partial charge is 0.341 e. The predicted molar refractivity (Wildman–Crippen MR) is 112 cm³/mol. The predicted octanol–water partition coefficient (Wildman–Crippen LogP) is 2.96. The first-order chi connectivity index (χ1) is 13.8. The van der Waals surface area contributed by atoms with Crippen molar-refractivity contribution in [2.24, 2.45) is 0 Å². The van der Waals surface area contributed by atoms with Crippen LogP contribution in [-0.4, -0.2) is 41.0 Å². The third-order valence-electron chi connectivity index (χ3n) is 5.03. The fourth-order valence-corrected chi connectivity index (χ4v) is 4.15. The van der Waals surface area contributed by atoms with Crippen LogP contribution in [0.25, 0.3) is 11.3 Å². The Morgan fingerprint density at radius 3 is 2.72 bits per heavy atom. The van der Waals surface area contributed by atoms with Crippen molar-refractivity contribution >= 4 is 23.6 Å². The Kier molecular flexibility index (Phi) is 6.32. The number of aromatic nitrogens is 1. The van der Waals surface area contributed by atoms with Crippen molar-refractivity contribution in [1.82, 2.24) is 9.88 Å². The van der Waals surface area contributed by atoms with E-state index in [-0.39, 0.29) is 17.5 Å². The third-order valence-corrected chi connectivity index (χ3v) is 5.79. The van der Waals surface area contributed by atoms with Gasteiger partial charge in [-0.15, -0.1) is 11.8 Å². The Hall–Kier alpha value is -2.74. The lowest BCUT2D eigenvalue weighted by molar-refractivity contribution is -0.119. The molecular weight excluding hydrogens is 392 g/mol. The number of thioether (sulfide) groups is 1. The van der Waals surface area contributed by atoms with Crippen LogP contribution in [0.3, 0.4) is 0 Å². The number of fused-ring (bicyclic) bond motifs is 3. The second-order valence-electron chi connectivity index (χ2n) is 6.91. The number of aromatic carboxylic acids is 1. The standard InChI is InChI=1S/C21H24N2O5S/c1-4-14-7-13-8-19(28-6-5-22-12(2)24)20(29-3)9-15(13)17-10-18(25)16(21(26)27)11-23(14)17/h8-11,14H,4-7H2,1-3H3,(H,22,24)(H,26,27). The Morgan fingerprint density at radius 2 is 2.10 bits per heavy atom. The first-order valence-corrected chi connectivity index (χ1v) is 10.7. The number of carboxylic acid groups (broad SMARTS) is 1. The van der Waals surface area contributed by atoms with Crippen molar-refractivity contribution in [3.05, 3.63) is 45.7 Å². The third kappa shape index (κ3) is 4.32. The Bertz CT molecular complexity index is 1010. The number of hydrogen-bond donors (Lipinski definition) is 2. The van der Waals surface area contributed by atoms with E-state index in [1.807, 2.05) is 29.9 Å². The molecule has 2 N–H and O–H groups in total. The molecule has 0 spiro atoms. The molecule has 0 aliphatic carbocycles. The average Bonchev–Trinajstić information content (AvgIpc) is 2.69. The van der Waals surface area contributed by atoms with E-state index in [2.05, 4.69) is 5.32 Å². The number of carbonyl (C=O) groups excluding carboxylic acids is 1. The van der Waals surface area contributed by atoms with Crippen LogP contribution < -0.4 is 15.5 Å². The molecular formula is C21H24N2O5S. The van der Waals surface area contributed by atoms with E-state index in [1.165, 1.54) is 30.9 Å². The molecule has 29 heavy (non-hydrogen) atoms. The summed E-state index contributed by atoms with van der Waals surface area (Å²) in [5.41, 5.74) is 2.01. The first kappa shape index (κ1) is 21.0. The summed E-state index contributed by atoms with van der Waals surface area (Å²) in [5.74, 6) is -0.564. The van der Waals surface area contributed by atoms with Gasteiger partial charge in [0.1, 0.15) is 17.9 Å². The minimum absolute atomic E-state index is 0.0589. The number of rotatable bonds is 7. The van der Waals surface area contributed by atoms with Crippen molar-refractivity contribution in [3.63, 3.8) is 0 Å². The van der Waals surface area contributed by atoms with Crippen molar-refractivity contribution in [3.8, 4) is 17.0 Å². The molecule has 3 rings (SSSR count). The number of nitrogens with zero attached hydrogens (tertiary/aromatic N) is 1. The van der Waals surface area contributed by atoms with Crippen LogP contribution in [0, 0.1) is 0 Å². The van der Waals surface area contributed by atoms with Gasteiger partial charge >= 0.3 is 5.97 Å². The van der Waals surface area contributed by atoms with Gasteiger partial charge in [0.25, 0.3) is 0 Å². The number of amides is 1. The zero-order chi connectivity index (χ0) is 21.1. The molecule has 0 radical (unpaired) electrons. The minimum atomic E-state index is -1.21. The Morgan fingerprint density at radius 1 is 1.34 bits per heavy atom. The molecule has 1 aromatic carbocycles. The highest BCUT2D eigenvalue weighted by Gasteiger charge is 2.26. The summed E-state index contributed by atoms with van der Waals surface area (Å²) in [6, 6.07) is 5.47. The lowest BCUT2D eigenvalue weighted by atomic mass is 9.91. The first-order valence-electron chi connectivity index (χ1n) is 9.43. The zero-order valence-corrected chi connectivity index (χ0v) is 17.5. The topological polar surface area (TPSA) is 97.6 Å². The highest BCUT2D eigenvalue weighted by Crippen LogP contribution is 2.41. The van der Waals surface area contributed by atoms with Gasteiger partial charge in [0, 0.05) is 35.7 Å². The summed E-state index contributed by atoms with van der Waals surface area (Å²) in [6.07, 6.45) is 4.93. The number of benzene rings is 1. The monoisotopic (exact) mass is 416 g/mol. The summed E-state index contributed by atoms with van der Waals surface area (Å²) in [4.78, 5) is 35.7. The summed E-state index contributed by atoms with van der Waals surface area (Å²) in [6.45, 7) is 4.29. The van der Waals surface area contributed by atoms with Crippen LogP contribution in [-0.2, 0) is 11.2 Å². The number of hydrogen-bond acceptors (Lipinski definition) is 5. The molecule has 1 aromatic heterocycles. The fraction of sp³-hybridized carbons (Fsp3) is 0.381.